The van der Waals surface area contributed by atoms with E-state index in [0.717, 1.165) is 0 Å². The van der Waals surface area contributed by atoms with Crippen LogP contribution in [0.5, 0.6) is 0 Å². The average Bonchev–Trinajstić information content (AvgIpc) is 2.80. The molecule has 0 saturated heterocycles. The van der Waals surface area contributed by atoms with Gasteiger partial charge in [-0.1, -0.05) is 30.3 Å². The van der Waals surface area contributed by atoms with E-state index < -0.39 is 18.2 Å². The fourth-order valence-electron chi connectivity index (χ4n) is 1.23. The number of nitrogens with one attached hydrogen (secondary N) is 1. The van der Waals surface area contributed by atoms with Crippen LogP contribution in [0, 0.1) is 0 Å². The molecule has 0 amide bonds. The van der Waals surface area contributed by atoms with E-state index in [1.165, 1.54) is 0 Å². The van der Waals surface area contributed by atoms with E-state index in [2.05, 4.69) is 10.1 Å². The van der Waals surface area contributed by atoms with E-state index in [1.807, 2.05) is 5.10 Å². The summed E-state index contributed by atoms with van der Waals surface area (Å²) in [5.41, 5.74) is 0.472. The van der Waals surface area contributed by atoms with Crippen molar-refractivity contribution < 1.29 is 17.6 Å². The molecule has 0 aliphatic heterocycles. The smallest absolute Gasteiger partial charge is 0.257 e. The van der Waals surface area contributed by atoms with Crippen molar-refractivity contribution in [1.82, 2.24) is 15.2 Å². The molecular weight excluding hydrogens is 238 g/mol. The van der Waals surface area contributed by atoms with Crippen LogP contribution < -0.4 is 0 Å². The largest absolute Gasteiger partial charge is 0.365 e. The summed E-state index contributed by atoms with van der Waals surface area (Å²) in [5, 5.41) is 5.32. The minimum absolute atomic E-state index is 0.0408. The first-order chi connectivity index (χ1) is 8.01. The molecule has 0 bridgehead atoms. The molecule has 0 radical (unpaired) electrons. The van der Waals surface area contributed by atoms with Gasteiger partial charge in [-0.15, -0.1) is 0 Å². The Hall–Kier alpha value is -1.92. The highest BCUT2D eigenvalue weighted by Crippen LogP contribution is 2.32. The van der Waals surface area contributed by atoms with E-state index in [1.54, 1.807) is 30.3 Å². The van der Waals surface area contributed by atoms with Crippen molar-refractivity contribution in [1.29, 1.82) is 0 Å². The van der Waals surface area contributed by atoms with E-state index in [0.29, 0.717) is 5.56 Å². The second-order valence-electron chi connectivity index (χ2n) is 3.30. The van der Waals surface area contributed by atoms with E-state index >= 15 is 0 Å². The molecule has 1 aromatic heterocycles. The Labute approximate surface area is 93.5 Å². The molecule has 0 aliphatic carbocycles. The lowest BCUT2D eigenvalue weighted by Gasteiger charge is -2.10. The summed E-state index contributed by atoms with van der Waals surface area (Å²) in [4.78, 5) is 3.38. The standard InChI is InChI=1S/C10H7F4N3/c11-8(12)10(13,14)9-15-7(16-17-9)6-4-2-1-3-5-6/h1-5,8H,(H,15,16,17). The summed E-state index contributed by atoms with van der Waals surface area (Å²) in [5.74, 6) is -5.49. The molecule has 0 spiro atoms. The zero-order valence-electron chi connectivity index (χ0n) is 8.37. The van der Waals surface area contributed by atoms with Gasteiger partial charge in [0, 0.05) is 5.56 Å². The number of rotatable bonds is 3. The number of nitrogens with zero attached hydrogens (tertiary/aromatic N) is 2. The maximum atomic E-state index is 12.9. The maximum absolute atomic E-state index is 12.9. The van der Waals surface area contributed by atoms with Gasteiger partial charge in [0.1, 0.15) is 0 Å². The first-order valence-electron chi connectivity index (χ1n) is 4.66. The third-order valence-electron chi connectivity index (χ3n) is 2.11. The fourth-order valence-corrected chi connectivity index (χ4v) is 1.23. The van der Waals surface area contributed by atoms with Gasteiger partial charge >= 0.3 is 12.3 Å². The minimum atomic E-state index is -4.32. The molecule has 1 N–H and O–H groups in total. The number of H-pyrrole nitrogens is 1. The van der Waals surface area contributed by atoms with Gasteiger partial charge in [0.2, 0.25) is 5.82 Å². The van der Waals surface area contributed by atoms with Gasteiger partial charge in [-0.05, 0) is 0 Å². The molecule has 0 fully saturated rings. The van der Waals surface area contributed by atoms with Crippen molar-refractivity contribution in [3.8, 4) is 11.4 Å². The molecule has 1 heterocycles. The number of hydrogen-bond acceptors (Lipinski definition) is 2. The number of hydrogen-bond donors (Lipinski definition) is 1. The maximum Gasteiger partial charge on any atom is 0.365 e. The first kappa shape index (κ1) is 11.6. The molecule has 2 rings (SSSR count). The molecule has 0 saturated carbocycles. The lowest BCUT2D eigenvalue weighted by Crippen LogP contribution is -2.25. The molecular formula is C10H7F4N3. The normalized spacial score (nSPS) is 12.1. The molecule has 2 aromatic rings. The molecule has 0 unspecified atom stereocenters. The van der Waals surface area contributed by atoms with Gasteiger partial charge < -0.3 is 0 Å². The van der Waals surface area contributed by atoms with Gasteiger partial charge in [0.05, 0.1) is 0 Å². The summed E-state index contributed by atoms with van der Waals surface area (Å²) in [6.07, 6.45) is -3.82. The third kappa shape index (κ3) is 2.13. The second-order valence-corrected chi connectivity index (χ2v) is 3.30. The van der Waals surface area contributed by atoms with Crippen LogP contribution in [0.4, 0.5) is 17.6 Å². The van der Waals surface area contributed by atoms with Crippen LogP contribution in [-0.2, 0) is 5.92 Å². The zero-order valence-corrected chi connectivity index (χ0v) is 8.37. The van der Waals surface area contributed by atoms with Gasteiger partial charge in [0.25, 0.3) is 0 Å². The Morgan fingerprint density at radius 1 is 1.12 bits per heavy atom. The van der Waals surface area contributed by atoms with Crippen LogP contribution in [0.3, 0.4) is 0 Å². The summed E-state index contributed by atoms with van der Waals surface area (Å²) in [7, 11) is 0. The predicted molar refractivity (Wildman–Crippen MR) is 51.7 cm³/mol. The monoisotopic (exact) mass is 245 g/mol. The van der Waals surface area contributed by atoms with Gasteiger partial charge in [-0.25, -0.2) is 13.8 Å². The molecule has 0 atom stereocenters. The molecule has 1 aromatic carbocycles. The summed E-state index contributed by atoms with van der Waals surface area (Å²) >= 11 is 0. The summed E-state index contributed by atoms with van der Waals surface area (Å²) < 4.78 is 50.0. The Balaban J connectivity index is 2.35. The Kier molecular flexibility index (Phi) is 2.83. The van der Waals surface area contributed by atoms with Crippen LogP contribution in [0.25, 0.3) is 11.4 Å². The van der Waals surface area contributed by atoms with Crippen molar-refractivity contribution in [2.75, 3.05) is 0 Å². The molecule has 90 valence electrons. The van der Waals surface area contributed by atoms with E-state index in [9.17, 15) is 17.6 Å². The molecule has 7 heteroatoms. The van der Waals surface area contributed by atoms with E-state index in [-0.39, 0.29) is 5.82 Å². The SMILES string of the molecule is FC(F)C(F)(F)c1nc(-c2ccccc2)n[nH]1. The first-order valence-corrected chi connectivity index (χ1v) is 4.66. The van der Waals surface area contributed by atoms with Crippen molar-refractivity contribution >= 4 is 0 Å². The topological polar surface area (TPSA) is 41.6 Å². The van der Waals surface area contributed by atoms with Gasteiger partial charge in [-0.2, -0.15) is 13.9 Å². The number of halogens is 4. The molecule has 17 heavy (non-hydrogen) atoms. The lowest BCUT2D eigenvalue weighted by atomic mass is 10.2. The van der Waals surface area contributed by atoms with Crippen LogP contribution >= 0.6 is 0 Å². The second kappa shape index (κ2) is 4.15. The average molecular weight is 245 g/mol. The number of alkyl halides is 4. The third-order valence-corrected chi connectivity index (χ3v) is 2.11. The lowest BCUT2D eigenvalue weighted by molar-refractivity contribution is -0.140. The molecule has 0 aliphatic rings. The van der Waals surface area contributed by atoms with Crippen molar-refractivity contribution in [2.24, 2.45) is 0 Å². The number of benzene rings is 1. The quantitative estimate of drug-likeness (QED) is 0.845. The Morgan fingerprint density at radius 3 is 2.35 bits per heavy atom. The van der Waals surface area contributed by atoms with Crippen molar-refractivity contribution in [2.45, 2.75) is 12.3 Å². The highest BCUT2D eigenvalue weighted by Gasteiger charge is 2.46. The number of aromatic amines is 1. The minimum Gasteiger partial charge on any atom is -0.257 e. The Bertz CT molecular complexity index is 495. The van der Waals surface area contributed by atoms with Crippen LogP contribution in [0.2, 0.25) is 0 Å². The van der Waals surface area contributed by atoms with Crippen LogP contribution in [0.15, 0.2) is 30.3 Å². The van der Waals surface area contributed by atoms with E-state index in [4.69, 9.17) is 0 Å². The van der Waals surface area contributed by atoms with Gasteiger partial charge in [-0.3, -0.25) is 5.10 Å². The summed E-state index contributed by atoms with van der Waals surface area (Å²) in [6, 6.07) is 8.24. The summed E-state index contributed by atoms with van der Waals surface area (Å²) in [6.45, 7) is 0. The predicted octanol–water partition coefficient (Wildman–Crippen LogP) is 2.83. The molecule has 3 nitrogen and oxygen atoms in total. The van der Waals surface area contributed by atoms with Crippen molar-refractivity contribution in [3.05, 3.63) is 36.2 Å². The van der Waals surface area contributed by atoms with Crippen LogP contribution in [-0.4, -0.2) is 21.6 Å². The fraction of sp³-hybridized carbons (Fsp3) is 0.200. The highest BCUT2D eigenvalue weighted by molar-refractivity contribution is 5.53. The van der Waals surface area contributed by atoms with Crippen LogP contribution in [0.1, 0.15) is 5.82 Å². The highest BCUT2D eigenvalue weighted by atomic mass is 19.3. The van der Waals surface area contributed by atoms with Gasteiger partial charge in [0.15, 0.2) is 5.82 Å². The van der Waals surface area contributed by atoms with Crippen molar-refractivity contribution in [3.63, 3.8) is 0 Å². The number of aromatic nitrogens is 3. The Morgan fingerprint density at radius 2 is 1.76 bits per heavy atom. The zero-order chi connectivity index (χ0) is 12.5.